The summed E-state index contributed by atoms with van der Waals surface area (Å²) in [5.74, 6) is 0.306. The van der Waals surface area contributed by atoms with E-state index in [0.717, 1.165) is 18.6 Å². The molecule has 3 aromatic rings. The molecule has 204 valence electrons. The van der Waals surface area contributed by atoms with E-state index in [1.165, 1.54) is 56.7 Å². The summed E-state index contributed by atoms with van der Waals surface area (Å²) in [6.07, 6.45) is 12.9. The smallest absolute Gasteiger partial charge is 0.343 e. The first-order valence-corrected chi connectivity index (χ1v) is 13.5. The van der Waals surface area contributed by atoms with Gasteiger partial charge in [-0.1, -0.05) is 57.9 Å². The molecule has 0 fully saturated rings. The molecule has 0 amide bonds. The third-order valence-corrected chi connectivity index (χ3v) is 6.24. The molecular weight excluding hydrogens is 494 g/mol. The Balaban J connectivity index is 1.41. The molecule has 0 aliphatic carbocycles. The normalized spacial score (nSPS) is 10.9. The van der Waals surface area contributed by atoms with Gasteiger partial charge >= 0.3 is 5.97 Å². The first kappa shape index (κ1) is 29.3. The predicted molar refractivity (Wildman–Crippen MR) is 152 cm³/mol. The number of rotatable bonds is 16. The fourth-order valence-corrected chi connectivity index (χ4v) is 3.94. The van der Waals surface area contributed by atoms with Crippen molar-refractivity contribution in [2.45, 2.75) is 58.3 Å². The lowest BCUT2D eigenvalue weighted by atomic mass is 10.1. The predicted octanol–water partition coefficient (Wildman–Crippen LogP) is 8.23. The van der Waals surface area contributed by atoms with Crippen LogP contribution in [0, 0.1) is 10.1 Å². The van der Waals surface area contributed by atoms with E-state index in [2.05, 4.69) is 6.92 Å². The molecule has 7 heteroatoms. The second-order valence-corrected chi connectivity index (χ2v) is 9.31. The molecular formula is C32H35NO6. The number of benzene rings is 3. The number of ketones is 1. The maximum Gasteiger partial charge on any atom is 0.343 e. The van der Waals surface area contributed by atoms with Crippen LogP contribution in [-0.2, 0) is 0 Å². The van der Waals surface area contributed by atoms with Gasteiger partial charge in [0.05, 0.1) is 17.1 Å². The Hall–Kier alpha value is -4.26. The zero-order valence-electron chi connectivity index (χ0n) is 22.3. The Labute approximate surface area is 229 Å². The van der Waals surface area contributed by atoms with E-state index in [4.69, 9.17) is 9.47 Å². The van der Waals surface area contributed by atoms with Crippen LogP contribution in [0.15, 0.2) is 78.9 Å². The number of ether oxygens (including phenoxy) is 2. The minimum absolute atomic E-state index is 0.0121. The summed E-state index contributed by atoms with van der Waals surface area (Å²) in [6, 6.07) is 19.1. The highest BCUT2D eigenvalue weighted by atomic mass is 16.6. The number of unbranched alkanes of at least 4 members (excludes halogenated alkanes) is 7. The summed E-state index contributed by atoms with van der Waals surface area (Å²) in [6.45, 7) is 2.89. The largest absolute Gasteiger partial charge is 0.494 e. The number of carbonyl (C=O) groups excluding carboxylic acids is 2. The minimum atomic E-state index is -0.498. The van der Waals surface area contributed by atoms with E-state index in [0.29, 0.717) is 29.0 Å². The molecule has 0 spiro atoms. The Morgan fingerprint density at radius 3 is 1.92 bits per heavy atom. The van der Waals surface area contributed by atoms with Crippen LogP contribution in [0.4, 0.5) is 5.69 Å². The van der Waals surface area contributed by atoms with Crippen LogP contribution >= 0.6 is 0 Å². The minimum Gasteiger partial charge on any atom is -0.494 e. The van der Waals surface area contributed by atoms with Crippen molar-refractivity contribution in [1.29, 1.82) is 0 Å². The van der Waals surface area contributed by atoms with Crippen LogP contribution in [0.3, 0.4) is 0 Å². The van der Waals surface area contributed by atoms with Gasteiger partial charge in [0.2, 0.25) is 0 Å². The second kappa shape index (κ2) is 15.9. The van der Waals surface area contributed by atoms with Gasteiger partial charge in [-0.15, -0.1) is 0 Å². The molecule has 0 bridgehead atoms. The number of nitro benzene ring substituents is 1. The third kappa shape index (κ3) is 10.2. The molecule has 0 atom stereocenters. The molecule has 0 saturated carbocycles. The van der Waals surface area contributed by atoms with E-state index >= 15 is 0 Å². The van der Waals surface area contributed by atoms with Crippen molar-refractivity contribution in [3.8, 4) is 11.5 Å². The van der Waals surface area contributed by atoms with Crippen LogP contribution < -0.4 is 9.47 Å². The fourth-order valence-electron chi connectivity index (χ4n) is 3.94. The molecule has 0 saturated heterocycles. The van der Waals surface area contributed by atoms with Crippen molar-refractivity contribution in [2.75, 3.05) is 6.61 Å². The lowest BCUT2D eigenvalue weighted by Gasteiger charge is -2.08. The summed E-state index contributed by atoms with van der Waals surface area (Å²) >= 11 is 0. The van der Waals surface area contributed by atoms with E-state index < -0.39 is 10.9 Å². The molecule has 0 radical (unpaired) electrons. The quantitative estimate of drug-likeness (QED) is 0.0353. The molecule has 39 heavy (non-hydrogen) atoms. The third-order valence-electron chi connectivity index (χ3n) is 6.24. The summed E-state index contributed by atoms with van der Waals surface area (Å²) in [7, 11) is 0. The van der Waals surface area contributed by atoms with Gasteiger partial charge < -0.3 is 9.47 Å². The van der Waals surface area contributed by atoms with E-state index in [-0.39, 0.29) is 11.5 Å². The zero-order valence-corrected chi connectivity index (χ0v) is 22.3. The lowest BCUT2D eigenvalue weighted by Crippen LogP contribution is -2.08. The molecule has 0 aliphatic rings. The van der Waals surface area contributed by atoms with E-state index in [9.17, 15) is 19.7 Å². The summed E-state index contributed by atoms with van der Waals surface area (Å²) in [4.78, 5) is 35.2. The van der Waals surface area contributed by atoms with Gasteiger partial charge in [-0.05, 0) is 78.7 Å². The number of nitrogens with zero attached hydrogens (tertiary/aromatic N) is 1. The highest BCUT2D eigenvalue weighted by Crippen LogP contribution is 2.19. The Morgan fingerprint density at radius 2 is 1.31 bits per heavy atom. The van der Waals surface area contributed by atoms with Crippen LogP contribution in [0.25, 0.3) is 6.08 Å². The standard InChI is InChI=1S/C32H35NO6/c1-2-3-4-5-6-7-8-9-24-38-29-19-15-27(16-20-29)32(35)39-30-21-13-26(14-22-30)31(34)23-12-25-10-17-28(18-11-25)33(36)37/h10-23H,2-9,24H2,1H3/b23-12+. The van der Waals surface area contributed by atoms with Crippen LogP contribution in [0.1, 0.15) is 84.6 Å². The van der Waals surface area contributed by atoms with Gasteiger partial charge in [-0.2, -0.15) is 0 Å². The van der Waals surface area contributed by atoms with Crippen molar-refractivity contribution in [2.24, 2.45) is 0 Å². The van der Waals surface area contributed by atoms with E-state index in [1.807, 2.05) is 0 Å². The molecule has 0 unspecified atom stereocenters. The zero-order chi connectivity index (χ0) is 27.9. The second-order valence-electron chi connectivity index (χ2n) is 9.31. The number of non-ortho nitro benzene ring substituents is 1. The summed E-state index contributed by atoms with van der Waals surface area (Å²) in [5, 5.41) is 10.7. The molecule has 3 aromatic carbocycles. The topological polar surface area (TPSA) is 95.7 Å². The Kier molecular flexibility index (Phi) is 11.9. The van der Waals surface area contributed by atoms with Crippen molar-refractivity contribution >= 4 is 23.5 Å². The Morgan fingerprint density at radius 1 is 0.744 bits per heavy atom. The molecule has 3 rings (SSSR count). The SMILES string of the molecule is CCCCCCCCCCOc1ccc(C(=O)Oc2ccc(C(=O)/C=C/c3ccc([N+](=O)[O-])cc3)cc2)cc1. The maximum absolute atomic E-state index is 12.5. The number of carbonyl (C=O) groups is 2. The van der Waals surface area contributed by atoms with Crippen molar-refractivity contribution in [1.82, 2.24) is 0 Å². The van der Waals surface area contributed by atoms with Crippen LogP contribution in [0.2, 0.25) is 0 Å². The number of nitro groups is 1. The van der Waals surface area contributed by atoms with Crippen molar-refractivity contribution in [3.05, 3.63) is 106 Å². The van der Waals surface area contributed by atoms with Gasteiger partial charge in [0.25, 0.3) is 5.69 Å². The highest BCUT2D eigenvalue weighted by Gasteiger charge is 2.10. The molecule has 7 nitrogen and oxygen atoms in total. The van der Waals surface area contributed by atoms with E-state index in [1.54, 1.807) is 66.7 Å². The van der Waals surface area contributed by atoms with Crippen LogP contribution in [0.5, 0.6) is 11.5 Å². The number of hydrogen-bond acceptors (Lipinski definition) is 6. The highest BCUT2D eigenvalue weighted by molar-refractivity contribution is 6.06. The average Bonchev–Trinajstić information content (AvgIpc) is 2.96. The van der Waals surface area contributed by atoms with Gasteiger partial charge in [-0.3, -0.25) is 14.9 Å². The average molecular weight is 530 g/mol. The van der Waals surface area contributed by atoms with Gasteiger partial charge in [0, 0.05) is 17.7 Å². The summed E-state index contributed by atoms with van der Waals surface area (Å²) < 4.78 is 11.2. The molecule has 0 N–H and O–H groups in total. The maximum atomic E-state index is 12.5. The number of esters is 1. The van der Waals surface area contributed by atoms with Crippen LogP contribution in [-0.4, -0.2) is 23.3 Å². The van der Waals surface area contributed by atoms with Gasteiger partial charge in [-0.25, -0.2) is 4.79 Å². The lowest BCUT2D eigenvalue weighted by molar-refractivity contribution is -0.384. The molecule has 0 aromatic heterocycles. The fraction of sp³-hybridized carbons (Fsp3) is 0.312. The van der Waals surface area contributed by atoms with Gasteiger partial charge in [0.15, 0.2) is 5.78 Å². The monoisotopic (exact) mass is 529 g/mol. The first-order chi connectivity index (χ1) is 19.0. The Bertz CT molecular complexity index is 1230. The molecule has 0 heterocycles. The van der Waals surface area contributed by atoms with Gasteiger partial charge in [0.1, 0.15) is 11.5 Å². The number of hydrogen-bond donors (Lipinski definition) is 0. The first-order valence-electron chi connectivity index (χ1n) is 13.5. The molecule has 0 aliphatic heterocycles. The number of allylic oxidation sites excluding steroid dienone is 1. The van der Waals surface area contributed by atoms with Crippen molar-refractivity contribution < 1.29 is 24.0 Å². The van der Waals surface area contributed by atoms with Crippen molar-refractivity contribution in [3.63, 3.8) is 0 Å². The summed E-state index contributed by atoms with van der Waals surface area (Å²) in [5.41, 5.74) is 1.48.